The molecule has 2 aliphatic rings. The van der Waals surface area contributed by atoms with E-state index in [4.69, 9.17) is 0 Å². The van der Waals surface area contributed by atoms with Crippen molar-refractivity contribution in [2.24, 2.45) is 11.8 Å². The number of fused-ring (bicyclic) bond motifs is 1. The second-order valence-electron chi connectivity index (χ2n) is 5.11. The number of amides is 2. The lowest BCUT2D eigenvalue weighted by Gasteiger charge is -2.19. The van der Waals surface area contributed by atoms with Gasteiger partial charge in [0.15, 0.2) is 0 Å². The van der Waals surface area contributed by atoms with E-state index in [-0.39, 0.29) is 23.7 Å². The Morgan fingerprint density at radius 3 is 2.26 bits per heavy atom. The van der Waals surface area contributed by atoms with Gasteiger partial charge in [0.1, 0.15) is 0 Å². The van der Waals surface area contributed by atoms with Gasteiger partial charge in [-0.05, 0) is 53.6 Å². The Hall–Kier alpha value is -0.430. The van der Waals surface area contributed by atoms with Gasteiger partial charge in [0.2, 0.25) is 11.8 Å². The zero-order valence-corrected chi connectivity index (χ0v) is 14.0. The lowest BCUT2D eigenvalue weighted by Crippen LogP contribution is -2.31. The Balaban J connectivity index is 2.03. The van der Waals surface area contributed by atoms with Gasteiger partial charge in [-0.1, -0.05) is 28.8 Å². The van der Waals surface area contributed by atoms with Crippen LogP contribution in [0.5, 0.6) is 0 Å². The molecule has 1 saturated carbocycles. The van der Waals surface area contributed by atoms with E-state index in [1.165, 1.54) is 4.90 Å². The monoisotopic (exact) mass is 433 g/mol. The zero-order chi connectivity index (χ0) is 13.6. The van der Waals surface area contributed by atoms with Crippen molar-refractivity contribution in [3.8, 4) is 0 Å². The fourth-order valence-electron chi connectivity index (χ4n) is 3.06. The number of rotatable bonds is 1. The predicted molar refractivity (Wildman–Crippen MR) is 84.8 cm³/mol. The van der Waals surface area contributed by atoms with E-state index in [9.17, 15) is 9.59 Å². The molecule has 3 rings (SSSR count). The molecule has 2 atom stereocenters. The average molecular weight is 434 g/mol. The second kappa shape index (κ2) is 5.16. The maximum atomic E-state index is 12.5. The SMILES string of the molecule is O=C1C2CCCCC2C(=O)N1c1cc(Br)ccc1I. The first-order chi connectivity index (χ1) is 9.09. The van der Waals surface area contributed by atoms with Crippen LogP contribution < -0.4 is 4.90 Å². The summed E-state index contributed by atoms with van der Waals surface area (Å²) in [4.78, 5) is 26.4. The minimum Gasteiger partial charge on any atom is -0.274 e. The van der Waals surface area contributed by atoms with Crippen molar-refractivity contribution in [3.63, 3.8) is 0 Å². The van der Waals surface area contributed by atoms with Gasteiger partial charge < -0.3 is 0 Å². The highest BCUT2D eigenvalue weighted by Crippen LogP contribution is 2.41. The van der Waals surface area contributed by atoms with Gasteiger partial charge in [-0.25, -0.2) is 4.90 Å². The molecule has 19 heavy (non-hydrogen) atoms. The van der Waals surface area contributed by atoms with E-state index >= 15 is 0 Å². The highest BCUT2D eigenvalue weighted by molar-refractivity contribution is 14.1. The Kier molecular flexibility index (Phi) is 3.68. The quantitative estimate of drug-likeness (QED) is 0.499. The first-order valence-corrected chi connectivity index (χ1v) is 8.29. The van der Waals surface area contributed by atoms with E-state index in [2.05, 4.69) is 38.5 Å². The molecule has 0 N–H and O–H groups in total. The van der Waals surface area contributed by atoms with Crippen LogP contribution >= 0.6 is 38.5 Å². The molecule has 3 nitrogen and oxygen atoms in total. The highest BCUT2D eigenvalue weighted by Gasteiger charge is 2.49. The lowest BCUT2D eigenvalue weighted by molar-refractivity contribution is -0.122. The van der Waals surface area contributed by atoms with Crippen molar-refractivity contribution < 1.29 is 9.59 Å². The average Bonchev–Trinajstić information content (AvgIpc) is 2.66. The minimum atomic E-state index is -0.0870. The molecule has 1 aliphatic carbocycles. The number of imide groups is 1. The van der Waals surface area contributed by atoms with Crippen LogP contribution in [0.15, 0.2) is 22.7 Å². The number of benzene rings is 1. The van der Waals surface area contributed by atoms with Crippen LogP contribution in [0.3, 0.4) is 0 Å². The van der Waals surface area contributed by atoms with Crippen molar-refractivity contribution in [1.29, 1.82) is 0 Å². The number of carbonyl (C=O) groups excluding carboxylic acids is 2. The maximum absolute atomic E-state index is 12.5. The Bertz CT molecular complexity index is 536. The molecule has 0 spiro atoms. The number of anilines is 1. The van der Waals surface area contributed by atoms with E-state index in [0.29, 0.717) is 0 Å². The molecule has 2 unspecified atom stereocenters. The maximum Gasteiger partial charge on any atom is 0.237 e. The van der Waals surface area contributed by atoms with Crippen molar-refractivity contribution in [2.75, 3.05) is 4.90 Å². The number of carbonyl (C=O) groups is 2. The topological polar surface area (TPSA) is 37.4 Å². The number of hydrogen-bond acceptors (Lipinski definition) is 2. The van der Waals surface area contributed by atoms with Crippen LogP contribution in [0.2, 0.25) is 0 Å². The first-order valence-electron chi connectivity index (χ1n) is 6.42. The fraction of sp³-hybridized carbons (Fsp3) is 0.429. The van der Waals surface area contributed by atoms with Crippen molar-refractivity contribution in [2.45, 2.75) is 25.7 Å². The summed E-state index contributed by atoms with van der Waals surface area (Å²) in [5.41, 5.74) is 0.722. The summed E-state index contributed by atoms with van der Waals surface area (Å²) >= 11 is 5.58. The van der Waals surface area contributed by atoms with Crippen molar-refractivity contribution >= 4 is 56.0 Å². The Labute approximate surface area is 134 Å². The minimum absolute atomic E-state index is 0.00860. The van der Waals surface area contributed by atoms with Gasteiger partial charge in [-0.2, -0.15) is 0 Å². The highest BCUT2D eigenvalue weighted by atomic mass is 127. The summed E-state index contributed by atoms with van der Waals surface area (Å²) in [6.07, 6.45) is 3.83. The van der Waals surface area contributed by atoms with Crippen LogP contribution in [-0.4, -0.2) is 11.8 Å². The van der Waals surface area contributed by atoms with Gasteiger partial charge in [0.25, 0.3) is 0 Å². The van der Waals surface area contributed by atoms with E-state index in [0.717, 1.165) is 39.4 Å². The molecular weight excluding hydrogens is 421 g/mol. The van der Waals surface area contributed by atoms with Gasteiger partial charge >= 0.3 is 0 Å². The molecule has 2 fully saturated rings. The third-order valence-electron chi connectivity index (χ3n) is 3.99. The van der Waals surface area contributed by atoms with E-state index in [1.54, 1.807) is 0 Å². The summed E-state index contributed by atoms with van der Waals surface area (Å²) in [5.74, 6) is -0.191. The Morgan fingerprint density at radius 2 is 1.68 bits per heavy atom. The molecule has 0 radical (unpaired) electrons. The molecule has 1 aromatic rings. The number of nitrogens with zero attached hydrogens (tertiary/aromatic N) is 1. The molecule has 0 aromatic heterocycles. The molecule has 0 bridgehead atoms. The lowest BCUT2D eigenvalue weighted by atomic mass is 9.81. The number of halogens is 2. The summed E-state index contributed by atoms with van der Waals surface area (Å²) in [6, 6.07) is 5.70. The van der Waals surface area contributed by atoms with Gasteiger partial charge in [-0.3, -0.25) is 9.59 Å². The molecule has 1 aliphatic heterocycles. The third-order valence-corrected chi connectivity index (χ3v) is 5.40. The van der Waals surface area contributed by atoms with Gasteiger partial charge in [0, 0.05) is 8.04 Å². The molecule has 1 aromatic carbocycles. The van der Waals surface area contributed by atoms with Crippen LogP contribution in [0.1, 0.15) is 25.7 Å². The van der Waals surface area contributed by atoms with Gasteiger partial charge in [0.05, 0.1) is 17.5 Å². The van der Waals surface area contributed by atoms with Crippen molar-refractivity contribution in [1.82, 2.24) is 0 Å². The zero-order valence-electron chi connectivity index (χ0n) is 10.2. The third kappa shape index (κ3) is 2.24. The summed E-state index contributed by atoms with van der Waals surface area (Å²) in [5, 5.41) is 0. The van der Waals surface area contributed by atoms with E-state index in [1.807, 2.05) is 18.2 Å². The summed E-state index contributed by atoms with van der Waals surface area (Å²) in [7, 11) is 0. The van der Waals surface area contributed by atoms with Crippen LogP contribution in [0.25, 0.3) is 0 Å². The normalized spacial score (nSPS) is 26.7. The molecule has 2 amide bonds. The Morgan fingerprint density at radius 1 is 1.11 bits per heavy atom. The summed E-state index contributed by atoms with van der Waals surface area (Å²) in [6.45, 7) is 0. The molecule has 1 saturated heterocycles. The molecule has 100 valence electrons. The van der Waals surface area contributed by atoms with Crippen LogP contribution in [-0.2, 0) is 9.59 Å². The molecular formula is C14H13BrINO2. The molecule has 1 heterocycles. The summed E-state index contributed by atoms with van der Waals surface area (Å²) < 4.78 is 1.82. The van der Waals surface area contributed by atoms with Crippen molar-refractivity contribution in [3.05, 3.63) is 26.2 Å². The van der Waals surface area contributed by atoms with E-state index < -0.39 is 0 Å². The van der Waals surface area contributed by atoms with Gasteiger partial charge in [-0.15, -0.1) is 0 Å². The fourth-order valence-corrected chi connectivity index (χ4v) is 3.98. The molecule has 5 heteroatoms. The second-order valence-corrected chi connectivity index (χ2v) is 7.18. The first kappa shape index (κ1) is 13.5. The number of hydrogen-bond donors (Lipinski definition) is 0. The predicted octanol–water partition coefficient (Wildman–Crippen LogP) is 3.73. The standard InChI is InChI=1S/C14H13BrINO2/c15-8-5-6-11(16)12(7-8)17-13(18)9-3-1-2-4-10(9)14(17)19/h5-7,9-10H,1-4H2. The van der Waals surface area contributed by atoms with Crippen LogP contribution in [0.4, 0.5) is 5.69 Å². The smallest absolute Gasteiger partial charge is 0.237 e. The van der Waals surface area contributed by atoms with Crippen LogP contribution in [0, 0.1) is 15.4 Å². The largest absolute Gasteiger partial charge is 0.274 e.